The third-order valence-corrected chi connectivity index (χ3v) is 5.83. The van der Waals surface area contributed by atoms with Crippen LogP contribution in [0.2, 0.25) is 0 Å². The van der Waals surface area contributed by atoms with Gasteiger partial charge in [-0.25, -0.2) is 4.79 Å². The van der Waals surface area contributed by atoms with E-state index >= 15 is 0 Å². The first kappa shape index (κ1) is 19.0. The number of amides is 1. The van der Waals surface area contributed by atoms with Gasteiger partial charge in [-0.1, -0.05) is 30.0 Å². The van der Waals surface area contributed by atoms with Crippen molar-refractivity contribution in [3.8, 4) is 5.75 Å². The van der Waals surface area contributed by atoms with E-state index in [9.17, 15) is 9.59 Å². The molecule has 138 valence electrons. The van der Waals surface area contributed by atoms with Crippen LogP contribution < -0.4 is 10.1 Å². The van der Waals surface area contributed by atoms with Crippen LogP contribution in [0.25, 0.3) is 0 Å². The Morgan fingerprint density at radius 2 is 1.70 bits per heavy atom. The summed E-state index contributed by atoms with van der Waals surface area (Å²) in [6, 6.07) is 18.3. The maximum absolute atomic E-state index is 12.5. The summed E-state index contributed by atoms with van der Waals surface area (Å²) in [5, 5.41) is 3.27. The van der Waals surface area contributed by atoms with Gasteiger partial charge in [0.25, 0.3) is 5.91 Å². The van der Waals surface area contributed by atoms with Gasteiger partial charge in [0, 0.05) is 10.5 Å². The zero-order valence-electron chi connectivity index (χ0n) is 14.7. The zero-order chi connectivity index (χ0) is 19.2. The highest BCUT2D eigenvalue weighted by Crippen LogP contribution is 2.39. The molecule has 3 rings (SSSR count). The summed E-state index contributed by atoms with van der Waals surface area (Å²) in [6.45, 7) is 0. The molecular weight excluding hydrogens is 382 g/mol. The monoisotopic (exact) mass is 399 g/mol. The Hall–Kier alpha value is -2.77. The van der Waals surface area contributed by atoms with Gasteiger partial charge in [0.15, 0.2) is 0 Å². The molecule has 1 N–H and O–H groups in total. The Morgan fingerprint density at radius 3 is 2.33 bits per heavy atom. The Balaban J connectivity index is 1.83. The fourth-order valence-electron chi connectivity index (χ4n) is 2.30. The summed E-state index contributed by atoms with van der Waals surface area (Å²) in [7, 11) is 2.88. The number of nitrogens with one attached hydrogen (secondary N) is 1. The molecule has 3 aromatic rings. The summed E-state index contributed by atoms with van der Waals surface area (Å²) in [6.07, 6.45) is 0. The normalized spacial score (nSPS) is 10.3. The third-order valence-electron chi connectivity index (χ3n) is 3.66. The number of hydrogen-bond donors (Lipinski definition) is 1. The van der Waals surface area contributed by atoms with Crippen molar-refractivity contribution in [2.75, 3.05) is 19.5 Å². The van der Waals surface area contributed by atoms with Gasteiger partial charge in [0.1, 0.15) is 10.8 Å². The molecule has 0 unspecified atom stereocenters. The molecular formula is C20H17NO4S2. The van der Waals surface area contributed by atoms with Crippen LogP contribution in [0, 0.1) is 0 Å². The molecule has 0 saturated carbocycles. The highest BCUT2D eigenvalue weighted by molar-refractivity contribution is 8.01. The molecule has 0 aliphatic carbocycles. The molecule has 0 fully saturated rings. The minimum absolute atomic E-state index is 0.305. The fraction of sp³-hybridized carbons (Fsp3) is 0.100. The number of anilines is 1. The van der Waals surface area contributed by atoms with Crippen LogP contribution in [-0.4, -0.2) is 26.1 Å². The van der Waals surface area contributed by atoms with Gasteiger partial charge in [-0.05, 0) is 42.5 Å². The van der Waals surface area contributed by atoms with E-state index in [4.69, 9.17) is 9.47 Å². The molecule has 0 spiro atoms. The van der Waals surface area contributed by atoms with Gasteiger partial charge in [0.2, 0.25) is 0 Å². The molecule has 0 saturated heterocycles. The highest BCUT2D eigenvalue weighted by Gasteiger charge is 2.19. The summed E-state index contributed by atoms with van der Waals surface area (Å²) < 4.78 is 10.8. The Bertz CT molecular complexity index is 936. The van der Waals surface area contributed by atoms with Crippen molar-refractivity contribution >= 4 is 40.0 Å². The second-order valence-corrected chi connectivity index (χ2v) is 7.82. The van der Waals surface area contributed by atoms with E-state index < -0.39 is 5.97 Å². The van der Waals surface area contributed by atoms with Crippen LogP contribution in [0.15, 0.2) is 69.8 Å². The molecule has 0 aliphatic heterocycles. The number of rotatable bonds is 6. The first-order valence-electron chi connectivity index (χ1n) is 8.01. The van der Waals surface area contributed by atoms with Gasteiger partial charge in [0.05, 0.1) is 24.0 Å². The molecule has 2 aromatic carbocycles. The Kier molecular flexibility index (Phi) is 6.16. The van der Waals surface area contributed by atoms with Crippen molar-refractivity contribution in [2.45, 2.75) is 9.10 Å². The lowest BCUT2D eigenvalue weighted by Crippen LogP contribution is -2.13. The summed E-state index contributed by atoms with van der Waals surface area (Å²) in [5.41, 5.74) is 0.806. The number of thiophene rings is 1. The predicted molar refractivity (Wildman–Crippen MR) is 107 cm³/mol. The lowest BCUT2D eigenvalue weighted by atomic mass is 10.2. The second-order valence-electron chi connectivity index (χ2n) is 5.40. The number of methoxy groups -OCH3 is 2. The number of carbonyl (C=O) groups is 2. The van der Waals surface area contributed by atoms with Crippen molar-refractivity contribution in [2.24, 2.45) is 0 Å². The summed E-state index contributed by atoms with van der Waals surface area (Å²) in [5.74, 6) is -0.128. The molecule has 0 radical (unpaired) electrons. The maximum Gasteiger partial charge on any atom is 0.340 e. The van der Waals surface area contributed by atoms with Crippen LogP contribution in [0.3, 0.4) is 0 Å². The molecule has 5 nitrogen and oxygen atoms in total. The van der Waals surface area contributed by atoms with Crippen molar-refractivity contribution in [1.29, 1.82) is 0 Å². The first-order chi connectivity index (χ1) is 13.1. The smallest absolute Gasteiger partial charge is 0.340 e. The predicted octanol–water partition coefficient (Wildman–Crippen LogP) is 4.95. The quantitative estimate of drug-likeness (QED) is 0.595. The molecule has 7 heteroatoms. The van der Waals surface area contributed by atoms with E-state index in [0.29, 0.717) is 21.9 Å². The van der Waals surface area contributed by atoms with Gasteiger partial charge >= 0.3 is 5.97 Å². The number of benzene rings is 2. The number of ether oxygens (including phenoxy) is 2. The first-order valence-corrected chi connectivity index (χ1v) is 9.64. The minimum Gasteiger partial charge on any atom is -0.497 e. The minimum atomic E-state index is -0.490. The van der Waals surface area contributed by atoms with E-state index in [2.05, 4.69) is 5.32 Å². The molecule has 1 heterocycles. The lowest BCUT2D eigenvalue weighted by molar-refractivity contribution is 0.0602. The van der Waals surface area contributed by atoms with Gasteiger partial charge in [-0.3, -0.25) is 4.79 Å². The number of esters is 1. The zero-order valence-corrected chi connectivity index (χ0v) is 16.4. The molecule has 0 atom stereocenters. The topological polar surface area (TPSA) is 64.6 Å². The Morgan fingerprint density at radius 1 is 1.00 bits per heavy atom. The lowest BCUT2D eigenvalue weighted by Gasteiger charge is -2.06. The van der Waals surface area contributed by atoms with Crippen LogP contribution in [0.4, 0.5) is 5.00 Å². The molecule has 0 aliphatic rings. The van der Waals surface area contributed by atoms with Crippen LogP contribution >= 0.6 is 23.1 Å². The average molecular weight is 399 g/mol. The second kappa shape index (κ2) is 8.75. The van der Waals surface area contributed by atoms with E-state index in [1.807, 2.05) is 30.3 Å². The SMILES string of the molecule is COC(=O)c1cc(Sc2ccccc2)sc1NC(=O)c1ccc(OC)cc1. The molecule has 0 bridgehead atoms. The Labute approximate surface area is 165 Å². The van der Waals surface area contributed by atoms with Crippen molar-refractivity contribution < 1.29 is 19.1 Å². The number of carbonyl (C=O) groups excluding carboxylic acids is 2. The number of hydrogen-bond acceptors (Lipinski definition) is 6. The molecule has 27 heavy (non-hydrogen) atoms. The third kappa shape index (κ3) is 4.69. The van der Waals surface area contributed by atoms with Crippen LogP contribution in [0.5, 0.6) is 5.75 Å². The standard InChI is InChI=1S/C20H17NO4S2/c1-24-14-10-8-13(9-11-14)18(22)21-19-16(20(23)25-2)12-17(27-19)26-15-6-4-3-5-7-15/h3-12H,1-2H3,(H,21,22). The average Bonchev–Trinajstić information content (AvgIpc) is 3.10. The van der Waals surface area contributed by atoms with Crippen LogP contribution in [-0.2, 0) is 4.74 Å². The van der Waals surface area contributed by atoms with E-state index in [0.717, 1.165) is 9.10 Å². The van der Waals surface area contributed by atoms with Crippen LogP contribution in [0.1, 0.15) is 20.7 Å². The van der Waals surface area contributed by atoms with E-state index in [-0.39, 0.29) is 5.91 Å². The van der Waals surface area contributed by atoms with Crippen molar-refractivity contribution in [1.82, 2.24) is 0 Å². The summed E-state index contributed by atoms with van der Waals surface area (Å²) >= 11 is 2.86. The largest absolute Gasteiger partial charge is 0.497 e. The van der Waals surface area contributed by atoms with E-state index in [1.54, 1.807) is 37.4 Å². The van der Waals surface area contributed by atoms with Gasteiger partial charge in [-0.2, -0.15) is 0 Å². The molecule has 1 amide bonds. The molecule has 1 aromatic heterocycles. The van der Waals surface area contributed by atoms with E-state index in [1.165, 1.54) is 30.2 Å². The highest BCUT2D eigenvalue weighted by atomic mass is 32.2. The summed E-state index contributed by atoms with van der Waals surface area (Å²) in [4.78, 5) is 25.7. The maximum atomic E-state index is 12.5. The van der Waals surface area contributed by atoms with Gasteiger partial charge in [-0.15, -0.1) is 11.3 Å². The van der Waals surface area contributed by atoms with Gasteiger partial charge < -0.3 is 14.8 Å². The van der Waals surface area contributed by atoms with Crippen molar-refractivity contribution in [3.05, 3.63) is 71.8 Å². The fourth-order valence-corrected chi connectivity index (χ4v) is 4.48. The van der Waals surface area contributed by atoms with Crippen molar-refractivity contribution in [3.63, 3.8) is 0 Å².